The average molecular weight is 428 g/mol. The van der Waals surface area contributed by atoms with E-state index in [0.29, 0.717) is 23.4 Å². The molecule has 1 atom stereocenters. The highest BCUT2D eigenvalue weighted by atomic mass is 16.5. The molecule has 2 aliphatic carbocycles. The molecule has 0 spiro atoms. The molecule has 0 saturated heterocycles. The molecule has 9 nitrogen and oxygen atoms in total. The van der Waals surface area contributed by atoms with Crippen LogP contribution in [0.1, 0.15) is 71.0 Å². The van der Waals surface area contributed by atoms with Gasteiger partial charge in [0.15, 0.2) is 11.5 Å². The van der Waals surface area contributed by atoms with Gasteiger partial charge in [0, 0.05) is 13.1 Å². The van der Waals surface area contributed by atoms with Crippen LogP contribution >= 0.6 is 0 Å². The van der Waals surface area contributed by atoms with E-state index in [4.69, 9.17) is 0 Å². The van der Waals surface area contributed by atoms with E-state index in [1.165, 1.54) is 51.4 Å². The van der Waals surface area contributed by atoms with Crippen LogP contribution in [0.3, 0.4) is 0 Å². The van der Waals surface area contributed by atoms with Crippen molar-refractivity contribution in [3.8, 4) is 11.6 Å². The number of rotatable bonds is 4. The molecule has 2 saturated carbocycles. The van der Waals surface area contributed by atoms with Gasteiger partial charge in [-0.3, -0.25) is 9.51 Å². The first-order chi connectivity index (χ1) is 14.9. The summed E-state index contributed by atoms with van der Waals surface area (Å²) in [5.41, 5.74) is 1.40. The van der Waals surface area contributed by atoms with Crippen molar-refractivity contribution in [2.24, 2.45) is 18.9 Å². The second-order valence-corrected chi connectivity index (χ2v) is 9.10. The lowest BCUT2D eigenvalue weighted by molar-refractivity contribution is 0.285. The van der Waals surface area contributed by atoms with Crippen LogP contribution < -0.4 is 11.1 Å². The summed E-state index contributed by atoms with van der Waals surface area (Å²) in [4.78, 5) is 27.1. The van der Waals surface area contributed by atoms with Gasteiger partial charge in [-0.15, -0.1) is 0 Å². The standard InChI is InChI=1S/C15H19N7O2.C7H14/c1-7(9-5-4-6-9)16-11-10-12(17-8(2)22(10)3)19-13(18-11)14-20-15(23)24-21-14;1-7-5-3-2-4-6-7/h7,9H,4-6H2,1-3H3,(H,16,18,19)(H,20,21,23);7H,2-6H2,1H3. The summed E-state index contributed by atoms with van der Waals surface area (Å²) >= 11 is 0. The van der Waals surface area contributed by atoms with Crippen LogP contribution in [0, 0.1) is 18.8 Å². The molecule has 2 aliphatic rings. The molecule has 0 radical (unpaired) electrons. The van der Waals surface area contributed by atoms with Crippen molar-refractivity contribution in [1.82, 2.24) is 29.7 Å². The predicted molar refractivity (Wildman–Crippen MR) is 120 cm³/mol. The quantitative estimate of drug-likeness (QED) is 0.641. The molecule has 0 bridgehead atoms. The zero-order chi connectivity index (χ0) is 22.0. The molecule has 168 valence electrons. The Labute approximate surface area is 182 Å². The third-order valence-corrected chi connectivity index (χ3v) is 6.72. The van der Waals surface area contributed by atoms with Gasteiger partial charge in [-0.25, -0.2) is 19.7 Å². The zero-order valence-electron chi connectivity index (χ0n) is 18.9. The molecule has 2 fully saturated rings. The molecule has 3 heterocycles. The smallest absolute Gasteiger partial charge is 0.365 e. The molecule has 3 aromatic rings. The molecule has 3 aromatic heterocycles. The number of aryl methyl sites for hydroxylation is 2. The van der Waals surface area contributed by atoms with Crippen molar-refractivity contribution in [3.63, 3.8) is 0 Å². The van der Waals surface area contributed by atoms with Crippen molar-refractivity contribution in [3.05, 3.63) is 16.4 Å². The van der Waals surface area contributed by atoms with E-state index in [0.717, 1.165) is 17.3 Å². The molecule has 0 aromatic carbocycles. The second-order valence-electron chi connectivity index (χ2n) is 9.10. The number of anilines is 1. The second kappa shape index (κ2) is 9.20. The molecular formula is C22H33N7O2. The summed E-state index contributed by atoms with van der Waals surface area (Å²) in [5, 5.41) is 7.17. The number of nitrogens with zero attached hydrogens (tertiary/aromatic N) is 5. The van der Waals surface area contributed by atoms with Crippen molar-refractivity contribution in [1.29, 1.82) is 0 Å². The van der Waals surface area contributed by atoms with Crippen molar-refractivity contribution >= 4 is 17.0 Å². The van der Waals surface area contributed by atoms with Crippen LogP contribution in [-0.2, 0) is 7.05 Å². The maximum atomic E-state index is 11.2. The molecular weight excluding hydrogens is 394 g/mol. The van der Waals surface area contributed by atoms with E-state index < -0.39 is 5.76 Å². The van der Waals surface area contributed by atoms with Gasteiger partial charge < -0.3 is 9.88 Å². The fourth-order valence-corrected chi connectivity index (χ4v) is 4.33. The first-order valence-electron chi connectivity index (χ1n) is 11.5. The molecule has 2 N–H and O–H groups in total. The molecule has 0 aliphatic heterocycles. The summed E-state index contributed by atoms with van der Waals surface area (Å²) < 4.78 is 6.52. The molecule has 1 unspecified atom stereocenters. The largest absolute Gasteiger partial charge is 0.439 e. The maximum absolute atomic E-state index is 11.2. The third kappa shape index (κ3) is 4.80. The van der Waals surface area contributed by atoms with Crippen LogP contribution in [-0.4, -0.2) is 35.7 Å². The van der Waals surface area contributed by atoms with Gasteiger partial charge in [0.2, 0.25) is 11.6 Å². The summed E-state index contributed by atoms with van der Waals surface area (Å²) in [6.07, 6.45) is 11.2. The van der Waals surface area contributed by atoms with E-state index in [1.807, 2.05) is 18.5 Å². The van der Waals surface area contributed by atoms with Crippen LogP contribution in [0.5, 0.6) is 0 Å². The highest BCUT2D eigenvalue weighted by molar-refractivity contribution is 5.85. The maximum Gasteiger partial charge on any atom is 0.439 e. The topological polar surface area (TPSA) is 115 Å². The number of fused-ring (bicyclic) bond motifs is 1. The summed E-state index contributed by atoms with van der Waals surface area (Å²) in [5.74, 6) is 3.07. The first-order valence-corrected chi connectivity index (χ1v) is 11.5. The zero-order valence-corrected chi connectivity index (χ0v) is 18.9. The van der Waals surface area contributed by atoms with Gasteiger partial charge >= 0.3 is 5.76 Å². The van der Waals surface area contributed by atoms with Gasteiger partial charge in [-0.1, -0.05) is 50.6 Å². The fraction of sp³-hybridized carbons (Fsp3) is 0.682. The summed E-state index contributed by atoms with van der Waals surface area (Å²) in [6.45, 7) is 6.44. The van der Waals surface area contributed by atoms with E-state index in [-0.39, 0.29) is 11.6 Å². The highest BCUT2D eigenvalue weighted by Crippen LogP contribution is 2.32. The Morgan fingerprint density at radius 2 is 1.84 bits per heavy atom. The number of imidazole rings is 1. The highest BCUT2D eigenvalue weighted by Gasteiger charge is 2.26. The first kappa shape index (κ1) is 21.5. The number of aromatic amines is 1. The van der Waals surface area contributed by atoms with Crippen LogP contribution in [0.15, 0.2) is 9.32 Å². The molecule has 5 rings (SSSR count). The predicted octanol–water partition coefficient (Wildman–Crippen LogP) is 4.20. The lowest BCUT2D eigenvalue weighted by Crippen LogP contribution is -2.31. The number of nitrogens with one attached hydrogen (secondary N) is 2. The van der Waals surface area contributed by atoms with Gasteiger partial charge in [0.1, 0.15) is 11.3 Å². The summed E-state index contributed by atoms with van der Waals surface area (Å²) in [6, 6.07) is 0.302. The van der Waals surface area contributed by atoms with Crippen molar-refractivity contribution in [2.45, 2.75) is 78.2 Å². The fourth-order valence-electron chi connectivity index (χ4n) is 4.33. The van der Waals surface area contributed by atoms with Crippen LogP contribution in [0.2, 0.25) is 0 Å². The SMILES string of the molecule is CC1CCCCC1.Cc1nc2nc(-c3noc(=O)[nH]3)nc(NC(C)C3CCC3)c2n1C. The van der Waals surface area contributed by atoms with Gasteiger partial charge in [-0.2, -0.15) is 0 Å². The van der Waals surface area contributed by atoms with Crippen LogP contribution in [0.4, 0.5) is 5.82 Å². The number of hydrogen-bond donors (Lipinski definition) is 2. The Hall–Kier alpha value is -2.71. The molecule has 9 heteroatoms. The number of H-pyrrole nitrogens is 1. The Balaban J connectivity index is 0.000000282. The Kier molecular flexibility index (Phi) is 6.38. The van der Waals surface area contributed by atoms with E-state index in [1.54, 1.807) is 0 Å². The number of aromatic nitrogens is 6. The van der Waals surface area contributed by atoms with Crippen molar-refractivity contribution < 1.29 is 4.52 Å². The monoisotopic (exact) mass is 427 g/mol. The van der Waals surface area contributed by atoms with Crippen molar-refractivity contribution in [2.75, 3.05) is 5.32 Å². The minimum Gasteiger partial charge on any atom is -0.365 e. The van der Waals surface area contributed by atoms with Gasteiger partial charge in [-0.05, 0) is 38.5 Å². The minimum atomic E-state index is -0.636. The average Bonchev–Trinajstić information content (AvgIpc) is 3.25. The minimum absolute atomic E-state index is 0.199. The van der Waals surface area contributed by atoms with E-state index >= 15 is 0 Å². The van der Waals surface area contributed by atoms with E-state index in [9.17, 15) is 4.79 Å². The Morgan fingerprint density at radius 3 is 2.39 bits per heavy atom. The lowest BCUT2D eigenvalue weighted by atomic mass is 9.80. The molecule has 0 amide bonds. The molecule has 31 heavy (non-hydrogen) atoms. The lowest BCUT2D eigenvalue weighted by Gasteiger charge is -2.32. The number of hydrogen-bond acceptors (Lipinski definition) is 7. The third-order valence-electron chi connectivity index (χ3n) is 6.72. The normalized spacial score (nSPS) is 18.3. The Bertz CT molecular complexity index is 1070. The van der Waals surface area contributed by atoms with Gasteiger partial charge in [0.05, 0.1) is 0 Å². The van der Waals surface area contributed by atoms with Crippen LogP contribution in [0.25, 0.3) is 22.8 Å². The van der Waals surface area contributed by atoms with Gasteiger partial charge in [0.25, 0.3) is 0 Å². The Morgan fingerprint density at radius 1 is 1.10 bits per heavy atom. The summed E-state index contributed by atoms with van der Waals surface area (Å²) in [7, 11) is 1.94. The van der Waals surface area contributed by atoms with E-state index in [2.05, 4.69) is 48.8 Å².